The summed E-state index contributed by atoms with van der Waals surface area (Å²) >= 11 is 0. The van der Waals surface area contributed by atoms with Gasteiger partial charge in [-0.25, -0.2) is 4.79 Å². The van der Waals surface area contributed by atoms with Gasteiger partial charge in [-0.2, -0.15) is 0 Å². The molecule has 1 aliphatic rings. The van der Waals surface area contributed by atoms with Gasteiger partial charge < -0.3 is 19.4 Å². The second-order valence-corrected chi connectivity index (χ2v) is 7.38. The maximum Gasteiger partial charge on any atom is 0.409 e. The van der Waals surface area contributed by atoms with E-state index >= 15 is 0 Å². The van der Waals surface area contributed by atoms with Gasteiger partial charge in [0.25, 0.3) is 11.8 Å². The lowest BCUT2D eigenvalue weighted by Gasteiger charge is -2.41. The van der Waals surface area contributed by atoms with Gasteiger partial charge in [0.05, 0.1) is 6.04 Å². The summed E-state index contributed by atoms with van der Waals surface area (Å²) in [6, 6.07) is 17.7. The minimum absolute atomic E-state index is 0.0342. The maximum absolute atomic E-state index is 13.1. The van der Waals surface area contributed by atoms with Crippen LogP contribution in [0.1, 0.15) is 34.6 Å². The van der Waals surface area contributed by atoms with Crippen LogP contribution in [-0.2, 0) is 4.74 Å². The fourth-order valence-corrected chi connectivity index (χ4v) is 3.70. The van der Waals surface area contributed by atoms with Crippen LogP contribution in [0.5, 0.6) is 0 Å². The van der Waals surface area contributed by atoms with E-state index in [0.29, 0.717) is 43.9 Å². The molecule has 3 amide bonds. The molecular formula is C24H29N3O4. The Morgan fingerprint density at radius 1 is 0.871 bits per heavy atom. The number of hydrogen-bond donors (Lipinski definition) is 0. The fourth-order valence-electron chi connectivity index (χ4n) is 3.70. The Hall–Kier alpha value is -3.35. The molecule has 31 heavy (non-hydrogen) atoms. The molecule has 164 valence electrons. The Morgan fingerprint density at radius 2 is 1.42 bits per heavy atom. The molecule has 7 heteroatoms. The largest absolute Gasteiger partial charge is 0.447 e. The standard InChI is InChI=1S/C24H29N3O4/c1-3-25(4-2)24(30)31-18-21-17-26(22(28)19-11-7-5-8-12-19)15-16-27(21)23(29)20-13-9-6-10-14-20/h5-14,21H,3-4,15-18H2,1-2H3. The van der Waals surface area contributed by atoms with Crippen molar-refractivity contribution in [3.8, 4) is 0 Å². The summed E-state index contributed by atoms with van der Waals surface area (Å²) in [4.78, 5) is 43.4. The lowest BCUT2D eigenvalue weighted by Crippen LogP contribution is -2.58. The molecule has 0 saturated carbocycles. The van der Waals surface area contributed by atoms with E-state index in [1.165, 1.54) is 0 Å². The molecule has 0 N–H and O–H groups in total. The third-order valence-corrected chi connectivity index (χ3v) is 5.49. The molecule has 2 aromatic carbocycles. The molecule has 1 aliphatic heterocycles. The van der Waals surface area contributed by atoms with Gasteiger partial charge in [0.1, 0.15) is 6.61 Å². The molecule has 0 bridgehead atoms. The monoisotopic (exact) mass is 423 g/mol. The van der Waals surface area contributed by atoms with Gasteiger partial charge >= 0.3 is 6.09 Å². The predicted molar refractivity (Wildman–Crippen MR) is 118 cm³/mol. The number of hydrogen-bond acceptors (Lipinski definition) is 4. The number of carbonyl (C=O) groups is 3. The summed E-state index contributed by atoms with van der Waals surface area (Å²) in [5.41, 5.74) is 1.18. The first kappa shape index (κ1) is 22.3. The van der Waals surface area contributed by atoms with Crippen LogP contribution in [0, 0.1) is 0 Å². The van der Waals surface area contributed by atoms with E-state index in [1.807, 2.05) is 50.2 Å². The van der Waals surface area contributed by atoms with E-state index in [1.54, 1.807) is 39.0 Å². The quantitative estimate of drug-likeness (QED) is 0.716. The molecule has 3 rings (SSSR count). The van der Waals surface area contributed by atoms with Gasteiger partial charge in [0, 0.05) is 43.9 Å². The minimum atomic E-state index is -0.423. The van der Waals surface area contributed by atoms with E-state index in [9.17, 15) is 14.4 Å². The first-order valence-corrected chi connectivity index (χ1v) is 10.7. The number of piperazine rings is 1. The number of amides is 3. The lowest BCUT2D eigenvalue weighted by atomic mass is 10.1. The first-order valence-electron chi connectivity index (χ1n) is 10.7. The highest BCUT2D eigenvalue weighted by atomic mass is 16.6. The third-order valence-electron chi connectivity index (χ3n) is 5.49. The molecule has 1 saturated heterocycles. The van der Waals surface area contributed by atoms with Crippen LogP contribution in [-0.4, -0.2) is 78.0 Å². The molecule has 2 aromatic rings. The topological polar surface area (TPSA) is 70.2 Å². The smallest absolute Gasteiger partial charge is 0.409 e. The van der Waals surface area contributed by atoms with Crippen molar-refractivity contribution in [1.29, 1.82) is 0 Å². The SMILES string of the molecule is CCN(CC)C(=O)OCC1CN(C(=O)c2ccccc2)CCN1C(=O)c1ccccc1. The fraction of sp³-hybridized carbons (Fsp3) is 0.375. The van der Waals surface area contributed by atoms with Gasteiger partial charge in [-0.1, -0.05) is 36.4 Å². The van der Waals surface area contributed by atoms with Crippen molar-refractivity contribution >= 4 is 17.9 Å². The van der Waals surface area contributed by atoms with Crippen molar-refractivity contribution in [2.45, 2.75) is 19.9 Å². The highest BCUT2D eigenvalue weighted by molar-refractivity contribution is 5.96. The number of nitrogens with zero attached hydrogens (tertiary/aromatic N) is 3. The van der Waals surface area contributed by atoms with E-state index in [4.69, 9.17) is 4.74 Å². The van der Waals surface area contributed by atoms with Crippen LogP contribution in [0.4, 0.5) is 4.79 Å². The van der Waals surface area contributed by atoms with Crippen LogP contribution < -0.4 is 0 Å². The van der Waals surface area contributed by atoms with Crippen molar-refractivity contribution in [2.75, 3.05) is 39.3 Å². The van der Waals surface area contributed by atoms with Gasteiger partial charge in [-0.05, 0) is 38.1 Å². The molecular weight excluding hydrogens is 394 g/mol. The summed E-state index contributed by atoms with van der Waals surface area (Å²) in [6.07, 6.45) is -0.413. The maximum atomic E-state index is 13.1. The number of benzene rings is 2. The average Bonchev–Trinajstić information content (AvgIpc) is 2.83. The van der Waals surface area contributed by atoms with E-state index < -0.39 is 12.1 Å². The Balaban J connectivity index is 1.76. The van der Waals surface area contributed by atoms with Gasteiger partial charge in [0.2, 0.25) is 0 Å². The van der Waals surface area contributed by atoms with Crippen molar-refractivity contribution in [3.63, 3.8) is 0 Å². The second kappa shape index (κ2) is 10.6. The van der Waals surface area contributed by atoms with Crippen molar-refractivity contribution < 1.29 is 19.1 Å². The summed E-state index contributed by atoms with van der Waals surface area (Å²) in [5, 5.41) is 0. The summed E-state index contributed by atoms with van der Waals surface area (Å²) in [6.45, 7) is 6.00. The Labute approximate surface area is 183 Å². The van der Waals surface area contributed by atoms with Gasteiger partial charge in [-0.15, -0.1) is 0 Å². The zero-order chi connectivity index (χ0) is 22.2. The molecule has 0 spiro atoms. The molecule has 1 atom stereocenters. The summed E-state index contributed by atoms with van der Waals surface area (Å²) < 4.78 is 5.53. The Bertz CT molecular complexity index is 884. The van der Waals surface area contributed by atoms with E-state index in [-0.39, 0.29) is 18.4 Å². The molecule has 1 heterocycles. The molecule has 0 aliphatic carbocycles. The van der Waals surface area contributed by atoms with Crippen LogP contribution >= 0.6 is 0 Å². The van der Waals surface area contributed by atoms with Gasteiger partial charge in [-0.3, -0.25) is 9.59 Å². The molecule has 1 unspecified atom stereocenters. The Kier molecular flexibility index (Phi) is 7.65. The van der Waals surface area contributed by atoms with Gasteiger partial charge in [0.15, 0.2) is 0 Å². The summed E-state index contributed by atoms with van der Waals surface area (Å²) in [5.74, 6) is -0.219. The second-order valence-electron chi connectivity index (χ2n) is 7.38. The number of ether oxygens (including phenoxy) is 1. The van der Waals surface area contributed by atoms with Crippen molar-refractivity contribution in [1.82, 2.24) is 14.7 Å². The van der Waals surface area contributed by atoms with Crippen molar-refractivity contribution in [3.05, 3.63) is 71.8 Å². The van der Waals surface area contributed by atoms with E-state index in [2.05, 4.69) is 0 Å². The predicted octanol–water partition coefficient (Wildman–Crippen LogP) is 3.13. The highest BCUT2D eigenvalue weighted by Crippen LogP contribution is 2.17. The zero-order valence-corrected chi connectivity index (χ0v) is 18.1. The third kappa shape index (κ3) is 5.42. The van der Waals surface area contributed by atoms with E-state index in [0.717, 1.165) is 0 Å². The van der Waals surface area contributed by atoms with Crippen LogP contribution in [0.15, 0.2) is 60.7 Å². The minimum Gasteiger partial charge on any atom is -0.447 e. The molecule has 7 nitrogen and oxygen atoms in total. The highest BCUT2D eigenvalue weighted by Gasteiger charge is 2.34. The van der Waals surface area contributed by atoms with Crippen LogP contribution in [0.3, 0.4) is 0 Å². The molecule has 0 radical (unpaired) electrons. The van der Waals surface area contributed by atoms with Crippen LogP contribution in [0.2, 0.25) is 0 Å². The normalized spacial score (nSPS) is 16.0. The number of carbonyl (C=O) groups excluding carboxylic acids is 3. The lowest BCUT2D eigenvalue weighted by molar-refractivity contribution is 0.0184. The molecule has 0 aromatic heterocycles. The zero-order valence-electron chi connectivity index (χ0n) is 18.1. The summed E-state index contributed by atoms with van der Waals surface area (Å²) in [7, 11) is 0. The molecule has 1 fully saturated rings. The first-order chi connectivity index (χ1) is 15.0. The van der Waals surface area contributed by atoms with Crippen molar-refractivity contribution in [2.24, 2.45) is 0 Å². The average molecular weight is 424 g/mol. The number of rotatable bonds is 6. The Morgan fingerprint density at radius 3 is 1.97 bits per heavy atom. The van der Waals surface area contributed by atoms with Crippen LogP contribution in [0.25, 0.3) is 0 Å².